The second-order valence-corrected chi connectivity index (χ2v) is 5.28. The van der Waals surface area contributed by atoms with E-state index in [0.717, 1.165) is 0 Å². The van der Waals surface area contributed by atoms with Crippen LogP contribution in [0, 0.1) is 5.92 Å². The van der Waals surface area contributed by atoms with E-state index < -0.39 is 16.9 Å². The zero-order valence-corrected chi connectivity index (χ0v) is 11.0. The molecule has 0 heterocycles. The molecule has 1 aromatic rings. The Kier molecular flexibility index (Phi) is 5.00. The van der Waals surface area contributed by atoms with Crippen LogP contribution in [-0.4, -0.2) is 10.5 Å². The van der Waals surface area contributed by atoms with Gasteiger partial charge in [0.2, 0.25) is 0 Å². The lowest BCUT2D eigenvalue weighted by molar-refractivity contribution is 0.417. The molecule has 1 rings (SSSR count). The molecular weight excluding hydrogens is 242 g/mol. The molecule has 0 saturated carbocycles. The van der Waals surface area contributed by atoms with Crippen LogP contribution in [0.1, 0.15) is 25.8 Å². The van der Waals surface area contributed by atoms with Gasteiger partial charge in [-0.15, -0.1) is 0 Å². The summed E-state index contributed by atoms with van der Waals surface area (Å²) >= 11 is 0. The van der Waals surface area contributed by atoms with Gasteiger partial charge in [-0.2, -0.15) is 8.78 Å². The number of rotatable bonds is 4. The van der Waals surface area contributed by atoms with Crippen molar-refractivity contribution in [3.05, 3.63) is 35.9 Å². The number of halogens is 2. The number of hydrogen-bond donors (Lipinski definition) is 0. The van der Waals surface area contributed by atoms with Crippen molar-refractivity contribution in [2.75, 3.05) is 6.26 Å². The van der Waals surface area contributed by atoms with Crippen LogP contribution in [0.2, 0.25) is 0 Å². The van der Waals surface area contributed by atoms with Crippen LogP contribution in [0.3, 0.4) is 0 Å². The molecule has 0 aromatic heterocycles. The highest BCUT2D eigenvalue weighted by atomic mass is 32.2. The molecule has 0 spiro atoms. The van der Waals surface area contributed by atoms with Crippen molar-refractivity contribution in [2.45, 2.75) is 25.2 Å². The van der Waals surface area contributed by atoms with Gasteiger partial charge >= 0.3 is 0 Å². The fourth-order valence-electron chi connectivity index (χ4n) is 1.70. The van der Waals surface area contributed by atoms with E-state index in [9.17, 15) is 13.0 Å². The largest absolute Gasteiger partial charge is 0.274 e. The summed E-state index contributed by atoms with van der Waals surface area (Å²) in [7, 11) is -1.26. The van der Waals surface area contributed by atoms with Gasteiger partial charge in [0.1, 0.15) is 0 Å². The van der Waals surface area contributed by atoms with Crippen LogP contribution in [-0.2, 0) is 10.8 Å². The first-order chi connectivity index (χ1) is 7.99. The minimum absolute atomic E-state index is 0.0123. The van der Waals surface area contributed by atoms with Crippen LogP contribution in [0.25, 0.3) is 5.57 Å². The Morgan fingerprint density at radius 3 is 2.41 bits per heavy atom. The van der Waals surface area contributed by atoms with Crippen LogP contribution in [0.5, 0.6) is 0 Å². The molecular formula is C13H16F2OS. The number of benzene rings is 1. The summed E-state index contributed by atoms with van der Waals surface area (Å²) in [4.78, 5) is 0.468. The molecule has 0 amide bonds. The summed E-state index contributed by atoms with van der Waals surface area (Å²) in [6.45, 7) is 3.61. The standard InChI is InChI=1S/C13H16F2OS/c1-4-9(2)12(13(14)15)10-7-5-6-8-11(10)17(3)16/h5-9H,4H2,1-3H3. The molecule has 0 bridgehead atoms. The highest BCUT2D eigenvalue weighted by Crippen LogP contribution is 2.33. The fraction of sp³-hybridized carbons (Fsp3) is 0.385. The predicted octanol–water partition coefficient (Wildman–Crippen LogP) is 4.08. The number of allylic oxidation sites excluding steroid dienone is 1. The molecule has 0 aliphatic rings. The molecule has 0 aliphatic heterocycles. The lowest BCUT2D eigenvalue weighted by Crippen LogP contribution is -2.03. The first kappa shape index (κ1) is 14.0. The van der Waals surface area contributed by atoms with Gasteiger partial charge in [0, 0.05) is 16.7 Å². The van der Waals surface area contributed by atoms with E-state index in [4.69, 9.17) is 0 Å². The van der Waals surface area contributed by atoms with Crippen molar-refractivity contribution < 1.29 is 13.0 Å². The van der Waals surface area contributed by atoms with Crippen LogP contribution in [0.4, 0.5) is 8.78 Å². The summed E-state index contributed by atoms with van der Waals surface area (Å²) in [5, 5.41) is 0. The third-order valence-corrected chi connectivity index (χ3v) is 3.77. The Balaban J connectivity index is 3.40. The molecule has 2 unspecified atom stereocenters. The molecule has 1 nitrogen and oxygen atoms in total. The highest BCUT2D eigenvalue weighted by Gasteiger charge is 2.19. The number of hydrogen-bond acceptors (Lipinski definition) is 1. The average Bonchev–Trinajstić information content (AvgIpc) is 2.29. The topological polar surface area (TPSA) is 17.1 Å². The van der Waals surface area contributed by atoms with E-state index in [1.54, 1.807) is 31.2 Å². The van der Waals surface area contributed by atoms with E-state index >= 15 is 0 Å². The molecule has 0 radical (unpaired) electrons. The first-order valence-corrected chi connectivity index (χ1v) is 7.02. The smallest absolute Gasteiger partial charge is 0.255 e. The minimum Gasteiger partial charge on any atom is -0.255 e. The van der Waals surface area contributed by atoms with Gasteiger partial charge in [0.25, 0.3) is 6.08 Å². The normalized spacial score (nSPS) is 14.2. The Labute approximate surface area is 103 Å². The van der Waals surface area contributed by atoms with Gasteiger partial charge < -0.3 is 0 Å². The Morgan fingerprint density at radius 2 is 1.94 bits per heavy atom. The van der Waals surface area contributed by atoms with Crippen molar-refractivity contribution >= 4 is 16.4 Å². The van der Waals surface area contributed by atoms with Gasteiger partial charge in [0.05, 0.1) is 10.8 Å². The zero-order chi connectivity index (χ0) is 13.0. The van der Waals surface area contributed by atoms with E-state index in [1.807, 2.05) is 6.92 Å². The first-order valence-electron chi connectivity index (χ1n) is 5.47. The molecule has 4 heteroatoms. The Bertz CT molecular complexity index is 450. The van der Waals surface area contributed by atoms with E-state index in [-0.39, 0.29) is 11.5 Å². The minimum atomic E-state index is -1.68. The van der Waals surface area contributed by atoms with Gasteiger partial charge in [-0.25, -0.2) is 0 Å². The SMILES string of the molecule is CCC(C)C(=C(F)F)c1ccccc1S(C)=O. The summed E-state index contributed by atoms with van der Waals surface area (Å²) in [5.74, 6) is -0.246. The second-order valence-electron chi connectivity index (χ2n) is 3.93. The highest BCUT2D eigenvalue weighted by molar-refractivity contribution is 7.84. The van der Waals surface area contributed by atoms with Gasteiger partial charge in [-0.3, -0.25) is 4.21 Å². The van der Waals surface area contributed by atoms with Crippen molar-refractivity contribution in [3.63, 3.8) is 0 Å². The van der Waals surface area contributed by atoms with Crippen molar-refractivity contribution in [1.29, 1.82) is 0 Å². The van der Waals surface area contributed by atoms with Gasteiger partial charge in [-0.1, -0.05) is 32.0 Å². The molecule has 2 atom stereocenters. The molecule has 0 aliphatic carbocycles. The van der Waals surface area contributed by atoms with Gasteiger partial charge in [0.15, 0.2) is 0 Å². The fourth-order valence-corrected chi connectivity index (χ4v) is 2.46. The van der Waals surface area contributed by atoms with Crippen LogP contribution in [0.15, 0.2) is 35.2 Å². The molecule has 0 saturated heterocycles. The maximum Gasteiger partial charge on any atom is 0.274 e. The van der Waals surface area contributed by atoms with Crippen molar-refractivity contribution in [1.82, 2.24) is 0 Å². The second kappa shape index (κ2) is 6.05. The van der Waals surface area contributed by atoms with Crippen molar-refractivity contribution in [3.8, 4) is 0 Å². The third-order valence-electron chi connectivity index (χ3n) is 2.80. The lowest BCUT2D eigenvalue weighted by Gasteiger charge is -2.15. The Morgan fingerprint density at radius 1 is 1.35 bits per heavy atom. The lowest BCUT2D eigenvalue weighted by atomic mass is 9.93. The predicted molar refractivity (Wildman–Crippen MR) is 67.4 cm³/mol. The molecule has 0 N–H and O–H groups in total. The third kappa shape index (κ3) is 3.22. The Hall–Kier alpha value is -1.03. The maximum atomic E-state index is 13.0. The van der Waals surface area contributed by atoms with Crippen LogP contribution >= 0.6 is 0 Å². The monoisotopic (exact) mass is 258 g/mol. The quantitative estimate of drug-likeness (QED) is 0.795. The van der Waals surface area contributed by atoms with E-state index in [1.165, 1.54) is 6.26 Å². The zero-order valence-electron chi connectivity index (χ0n) is 10.2. The average molecular weight is 258 g/mol. The van der Waals surface area contributed by atoms with E-state index in [2.05, 4.69) is 0 Å². The van der Waals surface area contributed by atoms with Gasteiger partial charge in [-0.05, 0) is 24.0 Å². The molecule has 94 valence electrons. The molecule has 1 aromatic carbocycles. The molecule has 0 fully saturated rings. The maximum absolute atomic E-state index is 13.0. The van der Waals surface area contributed by atoms with Crippen LogP contribution < -0.4 is 0 Å². The summed E-state index contributed by atoms with van der Waals surface area (Å²) in [6, 6.07) is 6.65. The van der Waals surface area contributed by atoms with Crippen molar-refractivity contribution in [2.24, 2.45) is 5.92 Å². The molecule has 17 heavy (non-hydrogen) atoms. The van der Waals surface area contributed by atoms with E-state index in [0.29, 0.717) is 16.9 Å². The summed E-state index contributed by atoms with van der Waals surface area (Å²) < 4.78 is 37.6. The summed E-state index contributed by atoms with van der Waals surface area (Å²) in [5.41, 5.74) is 0.418. The summed E-state index contributed by atoms with van der Waals surface area (Å²) in [6.07, 6.45) is 0.442.